The van der Waals surface area contributed by atoms with Gasteiger partial charge < -0.3 is 24.5 Å². The third kappa shape index (κ3) is 5.69. The minimum Gasteiger partial charge on any atom is -0.504 e. The normalized spacial score (nSPS) is 13.6. The van der Waals surface area contributed by atoms with Crippen LogP contribution in [0.15, 0.2) is 101 Å². The molecule has 242 valence electrons. The number of rotatable bonds is 8. The molecule has 4 aromatic rings. The average molecular weight is 695 g/mol. The van der Waals surface area contributed by atoms with E-state index < -0.39 is 70.2 Å². The highest BCUT2D eigenvalue weighted by atomic mass is 32.2. The van der Waals surface area contributed by atoms with Crippen LogP contribution in [0.3, 0.4) is 0 Å². The van der Waals surface area contributed by atoms with E-state index in [1.54, 1.807) is 6.07 Å². The topological polar surface area (TPSA) is 231 Å². The van der Waals surface area contributed by atoms with Gasteiger partial charge in [-0.25, -0.2) is 0 Å². The fourth-order valence-corrected chi connectivity index (χ4v) is 7.45. The molecule has 0 aliphatic heterocycles. The lowest BCUT2D eigenvalue weighted by atomic mass is 9.95. The van der Waals surface area contributed by atoms with Gasteiger partial charge in [0.2, 0.25) is 11.5 Å². The first-order chi connectivity index (χ1) is 23.4. The number of carbonyl (C=O) groups excluding carboxylic acids is 3. The van der Waals surface area contributed by atoms with E-state index in [1.165, 1.54) is 60.7 Å². The smallest absolute Gasteiger partial charge is 0.362 e. The summed E-state index contributed by atoms with van der Waals surface area (Å²) in [6, 6.07) is 16.5. The molecule has 2 aliphatic carbocycles. The lowest BCUT2D eigenvalue weighted by Gasteiger charge is -2.19. The SMILES string of the molecule is [N-]=[N+]=C1C=Cc2c(cccc2S(=O)(=O)Oc2c(O)ccc(C(=O)c3ccccc3)c2OS(=O)(=O)c2cccc3c2C=CC(=[N+]=[N-])C3=O)C1=O. The van der Waals surface area contributed by atoms with Gasteiger partial charge in [-0.05, 0) is 36.4 Å². The molecule has 0 unspecified atom stereocenters. The lowest BCUT2D eigenvalue weighted by molar-refractivity contribution is -0.00459. The van der Waals surface area contributed by atoms with E-state index in [1.807, 2.05) is 0 Å². The van der Waals surface area contributed by atoms with Gasteiger partial charge in [0.05, 0.1) is 5.56 Å². The molecule has 0 atom stereocenters. The molecule has 4 aromatic carbocycles. The Labute approximate surface area is 277 Å². The highest BCUT2D eigenvalue weighted by Crippen LogP contribution is 2.44. The maximum Gasteiger partial charge on any atom is 0.362 e. The Kier molecular flexibility index (Phi) is 8.08. The number of hydrogen-bond acceptors (Lipinski definition) is 10. The number of allylic oxidation sites excluding steroid dienone is 2. The van der Waals surface area contributed by atoms with Gasteiger partial charge in [0, 0.05) is 40.0 Å². The molecule has 14 nitrogen and oxygen atoms in total. The Morgan fingerprint density at radius 1 is 0.612 bits per heavy atom. The number of ketones is 3. The zero-order valence-electron chi connectivity index (χ0n) is 24.5. The molecule has 0 aromatic heterocycles. The first kappa shape index (κ1) is 32.4. The maximum atomic E-state index is 13.9. The van der Waals surface area contributed by atoms with Gasteiger partial charge in [0.1, 0.15) is 9.79 Å². The zero-order chi connectivity index (χ0) is 35.1. The molecular formula is C33H18N4O10S2. The Morgan fingerprint density at radius 3 is 1.59 bits per heavy atom. The predicted molar refractivity (Wildman–Crippen MR) is 170 cm³/mol. The zero-order valence-corrected chi connectivity index (χ0v) is 26.2. The molecule has 0 bridgehead atoms. The molecule has 0 amide bonds. The molecule has 16 heteroatoms. The summed E-state index contributed by atoms with van der Waals surface area (Å²) in [5.41, 5.74) is 16.4. The summed E-state index contributed by atoms with van der Waals surface area (Å²) in [6.07, 6.45) is 4.50. The van der Waals surface area contributed by atoms with Crippen LogP contribution in [0.5, 0.6) is 17.2 Å². The molecule has 0 spiro atoms. The molecule has 6 rings (SSSR count). The number of carbonyl (C=O) groups is 3. The molecular weight excluding hydrogens is 677 g/mol. The summed E-state index contributed by atoms with van der Waals surface area (Å²) in [5.74, 6) is -5.49. The van der Waals surface area contributed by atoms with Crippen LogP contribution in [0, 0.1) is 0 Å². The van der Waals surface area contributed by atoms with Crippen LogP contribution in [0.25, 0.3) is 23.2 Å². The first-order valence-corrected chi connectivity index (χ1v) is 16.7. The van der Waals surface area contributed by atoms with Gasteiger partial charge in [-0.1, -0.05) is 54.6 Å². The first-order valence-electron chi connectivity index (χ1n) is 13.9. The third-order valence-electron chi connectivity index (χ3n) is 7.41. The number of nitrogens with zero attached hydrogens (tertiary/aromatic N) is 4. The number of hydrogen-bond donors (Lipinski definition) is 1. The molecule has 0 saturated heterocycles. The van der Waals surface area contributed by atoms with Crippen molar-refractivity contribution in [3.63, 3.8) is 0 Å². The average Bonchev–Trinajstić information content (AvgIpc) is 3.10. The number of aromatic hydroxyl groups is 1. The van der Waals surface area contributed by atoms with Crippen LogP contribution in [0.1, 0.15) is 47.8 Å². The summed E-state index contributed by atoms with van der Waals surface area (Å²) in [6.45, 7) is 0. The van der Waals surface area contributed by atoms with Crippen LogP contribution < -0.4 is 8.37 Å². The summed E-state index contributed by atoms with van der Waals surface area (Å²) in [7, 11) is -10.1. The Hall–Kier alpha value is -6.57. The minimum atomic E-state index is -5.07. The van der Waals surface area contributed by atoms with Crippen molar-refractivity contribution in [1.29, 1.82) is 0 Å². The highest BCUT2D eigenvalue weighted by molar-refractivity contribution is 7.87. The minimum absolute atomic E-state index is 0.0350. The third-order valence-corrected chi connectivity index (χ3v) is 9.98. The van der Waals surface area contributed by atoms with Gasteiger partial charge in [-0.3, -0.25) is 14.4 Å². The van der Waals surface area contributed by atoms with Crippen molar-refractivity contribution in [1.82, 2.24) is 0 Å². The molecule has 0 heterocycles. The lowest BCUT2D eigenvalue weighted by Crippen LogP contribution is -2.22. The van der Waals surface area contributed by atoms with E-state index in [0.29, 0.717) is 0 Å². The standard InChI is InChI=1S/C33H18N4O10S2/c34-36-24-15-12-19-21(30(24)40)8-4-10-27(19)48(42,43)46-32-23(29(39)18-6-2-1-3-7-18)14-17-26(38)33(32)47-49(44,45)28-11-5-9-22-20(28)13-16-25(37-35)31(22)41/h1-17,38H. The van der Waals surface area contributed by atoms with E-state index in [4.69, 9.17) is 19.4 Å². The second-order valence-electron chi connectivity index (χ2n) is 10.3. The van der Waals surface area contributed by atoms with Crippen molar-refractivity contribution < 1.29 is 54.3 Å². The van der Waals surface area contributed by atoms with Gasteiger partial charge in [0.25, 0.3) is 11.6 Å². The van der Waals surface area contributed by atoms with Crippen molar-refractivity contribution >= 4 is 61.2 Å². The fourth-order valence-electron chi connectivity index (χ4n) is 5.12. The van der Waals surface area contributed by atoms with Crippen molar-refractivity contribution in [3.8, 4) is 17.2 Å². The van der Waals surface area contributed by atoms with Gasteiger partial charge >= 0.3 is 31.7 Å². The number of phenolic OH excluding ortho intramolecular Hbond substituents is 1. The van der Waals surface area contributed by atoms with Crippen molar-refractivity contribution in [3.05, 3.63) is 135 Å². The van der Waals surface area contributed by atoms with E-state index in [-0.39, 0.29) is 39.2 Å². The van der Waals surface area contributed by atoms with E-state index in [0.717, 1.165) is 36.4 Å². The van der Waals surface area contributed by atoms with Crippen LogP contribution in [-0.2, 0) is 20.2 Å². The van der Waals surface area contributed by atoms with Crippen LogP contribution >= 0.6 is 0 Å². The maximum absolute atomic E-state index is 13.9. The molecule has 49 heavy (non-hydrogen) atoms. The van der Waals surface area contributed by atoms with Gasteiger partial charge in [-0.15, -0.1) is 0 Å². The Bertz CT molecular complexity index is 2550. The van der Waals surface area contributed by atoms with Crippen molar-refractivity contribution in [2.75, 3.05) is 0 Å². The summed E-state index contributed by atoms with van der Waals surface area (Å²) >= 11 is 0. The monoisotopic (exact) mass is 694 g/mol. The molecule has 2 aliphatic rings. The summed E-state index contributed by atoms with van der Waals surface area (Å²) in [4.78, 5) is 43.7. The number of benzene rings is 4. The quantitative estimate of drug-likeness (QED) is 0.121. The van der Waals surface area contributed by atoms with E-state index >= 15 is 0 Å². The number of phenols is 1. The van der Waals surface area contributed by atoms with E-state index in [9.17, 15) is 36.3 Å². The second kappa shape index (κ2) is 12.2. The molecule has 0 saturated carbocycles. The highest BCUT2D eigenvalue weighted by Gasteiger charge is 2.36. The van der Waals surface area contributed by atoms with Crippen LogP contribution in [0.2, 0.25) is 0 Å². The molecule has 0 radical (unpaired) electrons. The van der Waals surface area contributed by atoms with E-state index in [2.05, 4.69) is 9.58 Å². The Morgan fingerprint density at radius 2 is 1.10 bits per heavy atom. The van der Waals surface area contributed by atoms with Crippen molar-refractivity contribution in [2.45, 2.75) is 9.79 Å². The van der Waals surface area contributed by atoms with Crippen molar-refractivity contribution in [2.24, 2.45) is 0 Å². The number of fused-ring (bicyclic) bond motifs is 2. The van der Waals surface area contributed by atoms with Gasteiger partial charge in [-0.2, -0.15) is 26.4 Å². The van der Waals surface area contributed by atoms with Gasteiger partial charge in [0.15, 0.2) is 11.5 Å². The largest absolute Gasteiger partial charge is 0.504 e. The van der Waals surface area contributed by atoms with Crippen LogP contribution in [-0.4, -0.2) is 60.3 Å². The second-order valence-corrected chi connectivity index (χ2v) is 13.3. The summed E-state index contributed by atoms with van der Waals surface area (Å²) < 4.78 is 66.1. The summed E-state index contributed by atoms with van der Waals surface area (Å²) in [5, 5.41) is 10.9. The molecule has 1 N–H and O–H groups in total. The Balaban J connectivity index is 1.52. The fraction of sp³-hybridized carbons (Fsp3) is 0. The molecule has 0 fully saturated rings. The number of Topliss-reactive ketones (excluding diaryl/α,β-unsaturated/α-hetero) is 2. The van der Waals surface area contributed by atoms with Crippen LogP contribution in [0.4, 0.5) is 0 Å². The predicted octanol–water partition coefficient (Wildman–Crippen LogP) is 3.92.